The third-order valence-corrected chi connectivity index (χ3v) is 6.25. The molecule has 0 fully saturated rings. The Kier molecular flexibility index (Phi) is 8.58. The molecule has 1 rings (SSSR count). The van der Waals surface area contributed by atoms with Crippen LogP contribution in [0.5, 0.6) is 0 Å². The Morgan fingerprint density at radius 1 is 1.28 bits per heavy atom. The number of benzene rings is 1. The van der Waals surface area contributed by atoms with Gasteiger partial charge in [0.15, 0.2) is 0 Å². The van der Waals surface area contributed by atoms with Gasteiger partial charge in [-0.3, -0.25) is 4.79 Å². The number of ketones is 1. The molecule has 0 heterocycles. The highest BCUT2D eigenvalue weighted by molar-refractivity contribution is 9.10. The van der Waals surface area contributed by atoms with Crippen LogP contribution in [0.1, 0.15) is 72.3 Å². The van der Waals surface area contributed by atoms with Gasteiger partial charge in [-0.2, -0.15) is 0 Å². The highest BCUT2D eigenvalue weighted by Crippen LogP contribution is 2.33. The Hall–Kier alpha value is -0.430. The lowest BCUT2D eigenvalue weighted by molar-refractivity contribution is -0.120. The lowest BCUT2D eigenvalue weighted by Gasteiger charge is -2.35. The van der Waals surface area contributed by atoms with Crippen molar-refractivity contribution in [3.63, 3.8) is 0 Å². The first-order chi connectivity index (χ1) is 11.5. The lowest BCUT2D eigenvalue weighted by Crippen LogP contribution is -2.51. The van der Waals surface area contributed by atoms with Crippen molar-refractivity contribution >= 4 is 33.1 Å². The predicted octanol–water partition coefficient (Wildman–Crippen LogP) is 5.39. The van der Waals surface area contributed by atoms with Crippen LogP contribution in [0.4, 0.5) is 4.39 Å². The molecule has 0 saturated heterocycles. The average molecular weight is 434 g/mol. The van der Waals surface area contributed by atoms with Crippen LogP contribution in [0.15, 0.2) is 22.7 Å². The van der Waals surface area contributed by atoms with E-state index < -0.39 is 27.5 Å². The molecule has 0 bridgehead atoms. The highest BCUT2D eigenvalue weighted by atomic mass is 79.9. The minimum atomic E-state index is -1.43. The fourth-order valence-electron chi connectivity index (χ4n) is 2.52. The first-order valence-corrected chi connectivity index (χ1v) is 10.6. The van der Waals surface area contributed by atoms with Crippen LogP contribution in [0.2, 0.25) is 0 Å². The molecule has 142 valence electrons. The van der Waals surface area contributed by atoms with Crippen LogP contribution in [0.3, 0.4) is 0 Å². The number of nitrogens with one attached hydrogen (secondary N) is 1. The number of rotatable bonds is 9. The Bertz CT molecular complexity index is 591. The van der Waals surface area contributed by atoms with Crippen molar-refractivity contribution in [1.82, 2.24) is 4.72 Å². The quantitative estimate of drug-likeness (QED) is 0.419. The predicted molar refractivity (Wildman–Crippen MR) is 106 cm³/mol. The summed E-state index contributed by atoms with van der Waals surface area (Å²) in [4.78, 5) is 12.5. The molecule has 0 saturated carbocycles. The topological polar surface area (TPSA) is 52.2 Å². The molecule has 3 nitrogen and oxygen atoms in total. The first kappa shape index (κ1) is 22.6. The van der Waals surface area contributed by atoms with E-state index in [9.17, 15) is 13.7 Å². The minimum Gasteiger partial charge on any atom is -0.598 e. The van der Waals surface area contributed by atoms with E-state index in [4.69, 9.17) is 0 Å². The lowest BCUT2D eigenvalue weighted by atomic mass is 9.86. The number of Topliss-reactive ketones (excluding diaryl/α,β-unsaturated/α-hetero) is 1. The van der Waals surface area contributed by atoms with Crippen molar-refractivity contribution in [3.8, 4) is 0 Å². The Morgan fingerprint density at radius 3 is 2.48 bits per heavy atom. The van der Waals surface area contributed by atoms with Gasteiger partial charge >= 0.3 is 0 Å². The molecule has 6 heteroatoms. The van der Waals surface area contributed by atoms with E-state index in [-0.39, 0.29) is 12.2 Å². The van der Waals surface area contributed by atoms with Gasteiger partial charge in [-0.05, 0) is 52.3 Å². The van der Waals surface area contributed by atoms with Crippen LogP contribution in [0.25, 0.3) is 0 Å². The normalized spacial score (nSPS) is 15.7. The van der Waals surface area contributed by atoms with Crippen molar-refractivity contribution < 1.29 is 13.7 Å². The zero-order chi connectivity index (χ0) is 19.3. The van der Waals surface area contributed by atoms with Crippen LogP contribution in [-0.4, -0.2) is 15.1 Å². The molecule has 0 spiro atoms. The second-order valence-corrected chi connectivity index (χ2v) is 10.5. The van der Waals surface area contributed by atoms with Crippen LogP contribution in [0, 0.1) is 5.82 Å². The van der Waals surface area contributed by atoms with Gasteiger partial charge in [0.1, 0.15) is 16.3 Å². The Labute approximate surface area is 162 Å². The molecule has 0 aliphatic rings. The summed E-state index contributed by atoms with van der Waals surface area (Å²) in [6, 6.07) is 4.63. The second-order valence-electron chi connectivity index (χ2n) is 7.61. The van der Waals surface area contributed by atoms with Crippen LogP contribution >= 0.6 is 15.9 Å². The summed E-state index contributed by atoms with van der Waals surface area (Å²) in [6.45, 7) is 9.36. The summed E-state index contributed by atoms with van der Waals surface area (Å²) in [5, 5.41) is 0. The molecule has 2 atom stereocenters. The standard InChI is InChI=1S/C19H29BrFNO2S/c1-6-7-8-9-15(23)13-19(5,22-25(24)18(2,3)4)16-12-14(20)10-11-17(16)21/h10-12,22H,6-9,13H2,1-5H3/t19-,25?/m0/s1. The van der Waals surface area contributed by atoms with Gasteiger partial charge < -0.3 is 4.55 Å². The summed E-state index contributed by atoms with van der Waals surface area (Å²) >= 11 is 1.93. The minimum absolute atomic E-state index is 0.0498. The van der Waals surface area contributed by atoms with Crippen molar-refractivity contribution in [2.24, 2.45) is 0 Å². The number of carbonyl (C=O) groups excluding carboxylic acids is 1. The summed E-state index contributed by atoms with van der Waals surface area (Å²) < 4.78 is 30.4. The zero-order valence-corrected chi connectivity index (χ0v) is 18.2. The molecular formula is C19H29BrFNO2S. The number of hydrogen-bond acceptors (Lipinski definition) is 3. The van der Waals surface area contributed by atoms with Gasteiger partial charge in [0.25, 0.3) is 0 Å². The van der Waals surface area contributed by atoms with Gasteiger partial charge in [0.05, 0.1) is 5.54 Å². The molecule has 0 aromatic heterocycles. The van der Waals surface area contributed by atoms with Gasteiger partial charge in [-0.1, -0.05) is 35.7 Å². The molecule has 1 N–H and O–H groups in total. The van der Waals surface area contributed by atoms with Crippen molar-refractivity contribution in [3.05, 3.63) is 34.1 Å². The van der Waals surface area contributed by atoms with Gasteiger partial charge in [0.2, 0.25) is 0 Å². The smallest absolute Gasteiger partial charge is 0.136 e. The van der Waals surface area contributed by atoms with E-state index >= 15 is 0 Å². The van der Waals surface area contributed by atoms with Crippen molar-refractivity contribution in [2.75, 3.05) is 0 Å². The third-order valence-electron chi connectivity index (χ3n) is 4.01. The van der Waals surface area contributed by atoms with E-state index in [1.165, 1.54) is 6.07 Å². The van der Waals surface area contributed by atoms with Gasteiger partial charge in [0, 0.05) is 34.2 Å². The monoisotopic (exact) mass is 433 g/mol. The molecule has 0 radical (unpaired) electrons. The number of carbonyl (C=O) groups is 1. The highest BCUT2D eigenvalue weighted by Gasteiger charge is 2.40. The van der Waals surface area contributed by atoms with E-state index in [1.807, 2.05) is 20.8 Å². The number of hydrogen-bond donors (Lipinski definition) is 1. The number of unbranched alkanes of at least 4 members (excludes halogenated alkanes) is 2. The molecule has 1 aromatic carbocycles. The van der Waals surface area contributed by atoms with Gasteiger partial charge in [-0.15, -0.1) is 4.72 Å². The van der Waals surface area contributed by atoms with E-state index in [0.29, 0.717) is 12.0 Å². The van der Waals surface area contributed by atoms with Gasteiger partial charge in [-0.25, -0.2) is 4.39 Å². The average Bonchev–Trinajstić information content (AvgIpc) is 2.48. The molecule has 25 heavy (non-hydrogen) atoms. The van der Waals surface area contributed by atoms with Crippen molar-refractivity contribution in [2.45, 2.75) is 77.0 Å². The summed E-state index contributed by atoms with van der Waals surface area (Å²) in [5.41, 5.74) is -0.682. The molecule has 0 aliphatic heterocycles. The molecular weight excluding hydrogens is 405 g/mol. The first-order valence-electron chi connectivity index (χ1n) is 8.66. The third kappa shape index (κ3) is 7.00. The summed E-state index contributed by atoms with van der Waals surface area (Å²) in [6.07, 6.45) is 3.43. The molecule has 1 aromatic rings. The fraction of sp³-hybridized carbons (Fsp3) is 0.632. The maximum Gasteiger partial charge on any atom is 0.136 e. The van der Waals surface area contributed by atoms with E-state index in [1.54, 1.807) is 19.1 Å². The SMILES string of the molecule is CCCCCC(=O)C[C@](C)(N[S+]([O-])C(C)(C)C)c1cc(Br)ccc1F. The maximum atomic E-state index is 14.5. The van der Waals surface area contributed by atoms with Crippen LogP contribution < -0.4 is 4.72 Å². The second kappa shape index (κ2) is 9.49. The van der Waals surface area contributed by atoms with Crippen LogP contribution in [-0.2, 0) is 21.7 Å². The zero-order valence-electron chi connectivity index (χ0n) is 15.7. The summed E-state index contributed by atoms with van der Waals surface area (Å²) in [5.74, 6) is -0.362. The molecule has 0 amide bonds. The Morgan fingerprint density at radius 2 is 1.92 bits per heavy atom. The molecule has 0 aliphatic carbocycles. The van der Waals surface area contributed by atoms with Crippen molar-refractivity contribution in [1.29, 1.82) is 0 Å². The maximum absolute atomic E-state index is 14.5. The van der Waals surface area contributed by atoms with E-state index in [2.05, 4.69) is 27.6 Å². The van der Waals surface area contributed by atoms with E-state index in [0.717, 1.165) is 23.7 Å². The Balaban J connectivity index is 3.13. The summed E-state index contributed by atoms with van der Waals surface area (Å²) in [7, 11) is 0. The largest absolute Gasteiger partial charge is 0.598 e. The number of halogens is 2. The molecule has 1 unspecified atom stereocenters. The fourth-order valence-corrected chi connectivity index (χ4v) is 3.78.